The molecule has 0 bridgehead atoms. The van der Waals surface area contributed by atoms with Crippen LogP contribution in [0.3, 0.4) is 0 Å². The van der Waals surface area contributed by atoms with Crippen molar-refractivity contribution >= 4 is 105 Å². The van der Waals surface area contributed by atoms with Crippen molar-refractivity contribution in [1.82, 2.24) is 60.8 Å². The molecule has 131 heavy (non-hydrogen) atoms. The molecule has 690 valence electrons. The number of hydrogen-bond acceptors (Lipinski definition) is 27. The summed E-state index contributed by atoms with van der Waals surface area (Å²) >= 11 is 0. The minimum absolute atomic E-state index is 0.00846. The van der Waals surface area contributed by atoms with E-state index >= 15 is 0 Å². The molecule has 13 rings (SSSR count). The highest BCUT2D eigenvalue weighted by Crippen LogP contribution is 2.45. The summed E-state index contributed by atoms with van der Waals surface area (Å²) in [6, 6.07) is 30.5. The smallest absolute Gasteiger partial charge is 0.338 e. The summed E-state index contributed by atoms with van der Waals surface area (Å²) < 4.78 is 54.4. The van der Waals surface area contributed by atoms with Crippen LogP contribution in [0, 0.1) is 11.8 Å². The van der Waals surface area contributed by atoms with Crippen LogP contribution < -0.4 is 61.9 Å². The lowest BCUT2D eigenvalue weighted by molar-refractivity contribution is -0.141. The number of benzene rings is 5. The van der Waals surface area contributed by atoms with Gasteiger partial charge in [0.15, 0.2) is 5.60 Å². The van der Waals surface area contributed by atoms with Gasteiger partial charge < -0.3 is 99.4 Å². The summed E-state index contributed by atoms with van der Waals surface area (Å²) in [6.07, 6.45) is 6.44. The summed E-state index contributed by atoms with van der Waals surface area (Å²) in [4.78, 5) is 191. The van der Waals surface area contributed by atoms with Crippen molar-refractivity contribution in [2.45, 2.75) is 127 Å². The first-order valence-electron chi connectivity index (χ1n) is 43.2. The van der Waals surface area contributed by atoms with E-state index in [-0.39, 0.29) is 118 Å². The first-order valence-corrected chi connectivity index (χ1v) is 43.2. The molecule has 7 heterocycles. The number of piperidine rings is 2. The van der Waals surface area contributed by atoms with Gasteiger partial charge in [-0.25, -0.2) is 29.3 Å². The van der Waals surface area contributed by atoms with Crippen molar-refractivity contribution < 1.29 is 105 Å². The fourth-order valence-corrected chi connectivity index (χ4v) is 15.9. The number of nitrogens with one attached hydrogen (secondary N) is 6. The minimum Gasteiger partial charge on any atom is -0.495 e. The summed E-state index contributed by atoms with van der Waals surface area (Å²) in [5.41, 5.74) is 8.88. The lowest BCUT2D eigenvalue weighted by atomic mass is 9.87. The van der Waals surface area contributed by atoms with Crippen LogP contribution in [0.15, 0.2) is 150 Å². The number of amides is 10. The van der Waals surface area contributed by atoms with Gasteiger partial charge in [-0.3, -0.25) is 57.7 Å². The number of H-pyrrole nitrogens is 1. The first kappa shape index (κ1) is 94.6. The van der Waals surface area contributed by atoms with Crippen molar-refractivity contribution in [3.63, 3.8) is 0 Å². The van der Waals surface area contributed by atoms with Gasteiger partial charge in [0.2, 0.25) is 52.9 Å². The van der Waals surface area contributed by atoms with Gasteiger partial charge in [0.1, 0.15) is 48.2 Å². The van der Waals surface area contributed by atoms with Crippen molar-refractivity contribution in [3.8, 4) is 40.2 Å². The Balaban J connectivity index is 0.628. The number of aliphatic carboxylic acids is 1. The van der Waals surface area contributed by atoms with Crippen LogP contribution in [-0.2, 0) is 84.2 Å². The third kappa shape index (κ3) is 23.6. The van der Waals surface area contributed by atoms with Gasteiger partial charge in [0.25, 0.3) is 5.56 Å². The molecular formula is C93H105N15O23. The lowest BCUT2D eigenvalue weighted by Gasteiger charge is -2.45. The molecule has 5 aliphatic rings. The summed E-state index contributed by atoms with van der Waals surface area (Å²) in [5, 5.41) is 24.3. The Bertz CT molecular complexity index is 5650. The van der Waals surface area contributed by atoms with E-state index in [9.17, 15) is 67.4 Å². The van der Waals surface area contributed by atoms with E-state index in [1.54, 1.807) is 51.5 Å². The van der Waals surface area contributed by atoms with E-state index in [0.717, 1.165) is 79.5 Å². The molecule has 9 N–H and O–H groups in total. The number of nitrogens with two attached hydrogens (primary N) is 1. The lowest BCUT2D eigenvalue weighted by Crippen LogP contribution is -2.57. The second kappa shape index (κ2) is 43.4. The number of carbonyl (C=O) groups excluding carboxylic acids is 11. The Labute approximate surface area is 753 Å². The van der Waals surface area contributed by atoms with Gasteiger partial charge >= 0.3 is 35.8 Å². The van der Waals surface area contributed by atoms with Crippen molar-refractivity contribution in [3.05, 3.63) is 184 Å². The van der Waals surface area contributed by atoms with E-state index in [1.807, 2.05) is 54.6 Å². The monoisotopic (exact) mass is 1800 g/mol. The Kier molecular flexibility index (Phi) is 31.4. The number of aromatic nitrogens is 4. The molecule has 3 saturated heterocycles. The third-order valence-electron chi connectivity index (χ3n) is 22.9. The van der Waals surface area contributed by atoms with Crippen LogP contribution in [0.1, 0.15) is 129 Å². The topological polar surface area (TPSA) is 474 Å². The van der Waals surface area contributed by atoms with E-state index < -0.39 is 127 Å². The number of primary amides is 1. The molecule has 3 atom stereocenters. The zero-order valence-electron chi connectivity index (χ0n) is 73.5. The first-order chi connectivity index (χ1) is 63.1. The molecule has 38 heteroatoms. The molecule has 1 aliphatic carbocycles. The molecule has 3 aromatic heterocycles. The van der Waals surface area contributed by atoms with Gasteiger partial charge in [-0.1, -0.05) is 48.2 Å². The van der Waals surface area contributed by atoms with E-state index in [4.69, 9.17) is 58.3 Å². The molecule has 5 aromatic carbocycles. The Morgan fingerprint density at radius 1 is 0.702 bits per heavy atom. The predicted molar refractivity (Wildman–Crippen MR) is 474 cm³/mol. The van der Waals surface area contributed by atoms with E-state index in [1.165, 1.54) is 65.1 Å². The molecule has 4 aliphatic heterocycles. The van der Waals surface area contributed by atoms with E-state index in [2.05, 4.69) is 60.1 Å². The summed E-state index contributed by atoms with van der Waals surface area (Å²) in [5.74, 6) is -2.01. The molecule has 4 fully saturated rings. The van der Waals surface area contributed by atoms with Crippen LogP contribution in [0.25, 0.3) is 32.9 Å². The number of methoxy groups -OCH3 is 1. The van der Waals surface area contributed by atoms with Crippen molar-refractivity contribution in [2.75, 3.05) is 122 Å². The number of esters is 2. The quantitative estimate of drug-likeness (QED) is 0.00764. The molecule has 10 amide bonds. The number of urea groups is 1. The van der Waals surface area contributed by atoms with Gasteiger partial charge in [-0.15, -0.1) is 0 Å². The molecule has 0 spiro atoms. The van der Waals surface area contributed by atoms with Gasteiger partial charge in [0.05, 0.1) is 113 Å². The average Bonchev–Trinajstić information content (AvgIpc) is 1.65. The normalized spacial score (nSPS) is 16.3. The Hall–Kier alpha value is -14.0. The number of aryl methyl sites for hydroxylation is 1. The Morgan fingerprint density at radius 2 is 1.35 bits per heavy atom. The number of pyridine rings is 1. The second-order valence-electron chi connectivity index (χ2n) is 32.2. The number of carbonyl (C=O) groups is 12. The number of fused-ring (bicyclic) bond motifs is 2. The predicted octanol–water partition coefficient (Wildman–Crippen LogP) is 5.55. The molecule has 0 radical (unpaired) electrons. The SMILES string of the molecule is CCOC(=O)c1ccc(OC2=C(Oc3ccc(C(=O)OCC)cc3)C(=O)N(CCOCCOCCC(=O)N[C@@H](CC(N)=O)C(=O)NCOC[C@](OC3CC3)(c3ccccc3)c3nc(N4CCC(N5CCC(C)(NCC#Cc6ccc(OC)c(N7CCC(=O)N(CNC(=O)[C@H](CC(=O)O)NC(C)=O)C7=O)c6)CC5)CC4)nc4ccc(-c5cn(C)c(=O)c6[nH]ccc56)cc34)C2=O)cc1. The van der Waals surface area contributed by atoms with Crippen molar-refractivity contribution in [2.24, 2.45) is 12.8 Å². The molecule has 38 nitrogen and oxygen atoms in total. The van der Waals surface area contributed by atoms with Gasteiger partial charge in [-0.2, -0.15) is 0 Å². The highest BCUT2D eigenvalue weighted by molar-refractivity contribution is 6.18. The van der Waals surface area contributed by atoms with Crippen LogP contribution in [0.5, 0.6) is 17.2 Å². The molecule has 8 aromatic rings. The average molecular weight is 1800 g/mol. The zero-order chi connectivity index (χ0) is 93.0. The van der Waals surface area contributed by atoms with Crippen LogP contribution in [0.4, 0.5) is 16.4 Å². The molecule has 1 saturated carbocycles. The second-order valence-corrected chi connectivity index (χ2v) is 32.2. The van der Waals surface area contributed by atoms with Crippen LogP contribution >= 0.6 is 0 Å². The van der Waals surface area contributed by atoms with E-state index in [0.29, 0.717) is 75.6 Å². The standard InChI is InChI=1S/C93H105N15O23/c1-7-127-88(120)59-17-22-64(23-18-59)129-80-81(130-65-24-19-60(20-25-65)89(121)128-8-2)87(119)107(86(80)118)44-46-125-48-47-124-45-34-76(111)100-71(51-75(94)110)84(116)97-56-126-54-93(131-66-26-27-66,62-14-10-9-11-15-62)82-68-50-61(69-53-103(5)85(117)79-67(69)30-38-95-79)21-28-70(68)101-90(102-82)105-39-31-63(32-40-105)104-42-35-92(4,36-43-104)98-37-12-13-58-16-29-74(123-6)73(49-58)106-41-33-77(112)108(91(106)122)55-96-83(115)72(52-78(113)114)99-57(3)109/h9-11,14-25,28-30,38,49-50,53,63,66,71-72,95,98H,7-8,26-27,31-37,39-48,51-52,54-56H2,1-6H3,(H2,94,110)(H,96,115)(H,97,116)(H,99,109)(H,100,111)(H,113,114)/t71-,72-,93-/m0/s1. The van der Waals surface area contributed by atoms with Crippen molar-refractivity contribution in [1.29, 1.82) is 0 Å². The number of anilines is 2. The summed E-state index contributed by atoms with van der Waals surface area (Å²) in [6.45, 7) is 8.37. The Morgan fingerprint density at radius 3 is 1.98 bits per heavy atom. The number of carboxylic acid groups (broad SMARTS) is 1. The molecule has 0 unspecified atom stereocenters. The number of likely N-dealkylation sites (tertiary alicyclic amines) is 1. The number of aromatic amines is 1. The van der Waals surface area contributed by atoms with Crippen LogP contribution in [0.2, 0.25) is 0 Å². The number of nitrogens with zero attached hydrogens (tertiary/aromatic N) is 8. The highest BCUT2D eigenvalue weighted by Gasteiger charge is 2.47. The van der Waals surface area contributed by atoms with Gasteiger partial charge in [-0.05, 0) is 155 Å². The number of hydrogen-bond donors (Lipinski definition) is 8. The van der Waals surface area contributed by atoms with Gasteiger partial charge in [0, 0.05) is 105 Å². The number of imide groups is 2. The maximum Gasteiger partial charge on any atom is 0.338 e. The third-order valence-corrected chi connectivity index (χ3v) is 22.9. The minimum atomic E-state index is -1.47. The fourth-order valence-electron chi connectivity index (χ4n) is 15.9. The largest absolute Gasteiger partial charge is 0.495 e. The number of carboxylic acids is 1. The molecular weight excluding hydrogens is 1700 g/mol. The highest BCUT2D eigenvalue weighted by atomic mass is 16.6. The maximum atomic E-state index is 14.2. The fraction of sp³-hybridized carbons (Fsp3) is 0.409. The number of ether oxygens (including phenoxy) is 9. The zero-order valence-corrected chi connectivity index (χ0v) is 73.5. The summed E-state index contributed by atoms with van der Waals surface area (Å²) in [7, 11) is 3.14. The maximum absolute atomic E-state index is 14.2. The van der Waals surface area contributed by atoms with Crippen LogP contribution in [-0.4, -0.2) is 253 Å². The number of rotatable bonds is 42.